The zero-order valence-electron chi connectivity index (χ0n) is 11.5. The van der Waals surface area contributed by atoms with Gasteiger partial charge in [0.2, 0.25) is 10.0 Å². The topological polar surface area (TPSA) is 72.2 Å². The third-order valence-corrected chi connectivity index (χ3v) is 3.67. The minimum Gasteiger partial charge on any atom is -0.320 e. The first-order chi connectivity index (χ1) is 8.74. The van der Waals surface area contributed by atoms with Crippen LogP contribution in [0.4, 0.5) is 0 Å². The number of hydrogen-bond acceptors (Lipinski definition) is 3. The SMILES string of the molecule is CC(C)(C)CNS(=O)(=O)c1cccc(C#CCN)c1. The molecule has 0 bridgehead atoms. The summed E-state index contributed by atoms with van der Waals surface area (Å²) in [6, 6.07) is 6.53. The minimum atomic E-state index is -3.49. The van der Waals surface area contributed by atoms with Crippen LogP contribution in [0.2, 0.25) is 0 Å². The largest absolute Gasteiger partial charge is 0.320 e. The van der Waals surface area contributed by atoms with Gasteiger partial charge in [-0.3, -0.25) is 0 Å². The lowest BCUT2D eigenvalue weighted by Gasteiger charge is -2.18. The van der Waals surface area contributed by atoms with Crippen molar-refractivity contribution >= 4 is 10.0 Å². The zero-order valence-corrected chi connectivity index (χ0v) is 12.3. The van der Waals surface area contributed by atoms with E-state index in [1.807, 2.05) is 20.8 Å². The fourth-order valence-electron chi connectivity index (χ4n) is 1.29. The van der Waals surface area contributed by atoms with Gasteiger partial charge in [-0.05, 0) is 23.6 Å². The van der Waals surface area contributed by atoms with Gasteiger partial charge in [0, 0.05) is 12.1 Å². The molecule has 0 aromatic heterocycles. The molecule has 0 spiro atoms. The number of sulfonamides is 1. The average Bonchev–Trinajstić information content (AvgIpc) is 2.34. The Labute approximate surface area is 115 Å². The summed E-state index contributed by atoms with van der Waals surface area (Å²) < 4.78 is 26.8. The van der Waals surface area contributed by atoms with Crippen molar-refractivity contribution < 1.29 is 8.42 Å². The molecule has 0 heterocycles. The predicted octanol–water partition coefficient (Wildman–Crippen LogP) is 1.32. The van der Waals surface area contributed by atoms with Crippen LogP contribution in [0, 0.1) is 17.3 Å². The maximum Gasteiger partial charge on any atom is 0.240 e. The van der Waals surface area contributed by atoms with E-state index < -0.39 is 10.0 Å². The smallest absolute Gasteiger partial charge is 0.240 e. The van der Waals surface area contributed by atoms with Gasteiger partial charge in [0.15, 0.2) is 0 Å². The lowest BCUT2D eigenvalue weighted by molar-refractivity contribution is 0.407. The molecule has 1 aromatic carbocycles. The van der Waals surface area contributed by atoms with Gasteiger partial charge in [0.1, 0.15) is 0 Å². The summed E-state index contributed by atoms with van der Waals surface area (Å²) in [5, 5.41) is 0. The van der Waals surface area contributed by atoms with E-state index in [1.165, 1.54) is 0 Å². The maximum atomic E-state index is 12.1. The molecule has 0 unspecified atom stereocenters. The summed E-state index contributed by atoms with van der Waals surface area (Å²) in [4.78, 5) is 0.223. The second-order valence-electron chi connectivity index (χ2n) is 5.42. The Balaban J connectivity index is 2.96. The van der Waals surface area contributed by atoms with Crippen LogP contribution in [0.1, 0.15) is 26.3 Å². The van der Waals surface area contributed by atoms with E-state index in [9.17, 15) is 8.42 Å². The highest BCUT2D eigenvalue weighted by molar-refractivity contribution is 7.89. The highest BCUT2D eigenvalue weighted by Crippen LogP contribution is 2.15. The van der Waals surface area contributed by atoms with Crippen LogP contribution in [-0.4, -0.2) is 21.5 Å². The van der Waals surface area contributed by atoms with E-state index in [1.54, 1.807) is 24.3 Å². The van der Waals surface area contributed by atoms with E-state index in [0.717, 1.165) is 0 Å². The molecule has 0 fully saturated rings. The molecule has 4 nitrogen and oxygen atoms in total. The Morgan fingerprint density at radius 2 is 2.00 bits per heavy atom. The highest BCUT2D eigenvalue weighted by Gasteiger charge is 2.18. The molecule has 1 rings (SSSR count). The quantitative estimate of drug-likeness (QED) is 0.820. The van der Waals surface area contributed by atoms with Crippen LogP contribution in [0.25, 0.3) is 0 Å². The second kappa shape index (κ2) is 6.20. The van der Waals surface area contributed by atoms with E-state index in [4.69, 9.17) is 5.73 Å². The molecule has 0 radical (unpaired) electrons. The number of nitrogens with one attached hydrogen (secondary N) is 1. The molecule has 0 atom stereocenters. The van der Waals surface area contributed by atoms with Gasteiger partial charge in [0.05, 0.1) is 11.4 Å². The first-order valence-electron chi connectivity index (χ1n) is 6.03. The molecule has 3 N–H and O–H groups in total. The third-order valence-electron chi connectivity index (χ3n) is 2.27. The van der Waals surface area contributed by atoms with Crippen molar-refractivity contribution in [3.8, 4) is 11.8 Å². The monoisotopic (exact) mass is 280 g/mol. The Morgan fingerprint density at radius 1 is 1.32 bits per heavy atom. The van der Waals surface area contributed by atoms with Gasteiger partial charge in [-0.25, -0.2) is 13.1 Å². The van der Waals surface area contributed by atoms with Crippen LogP contribution in [0.15, 0.2) is 29.2 Å². The summed E-state index contributed by atoms with van der Waals surface area (Å²) in [6.45, 7) is 6.54. The van der Waals surface area contributed by atoms with Crippen molar-refractivity contribution in [1.29, 1.82) is 0 Å². The van der Waals surface area contributed by atoms with Gasteiger partial charge in [0.25, 0.3) is 0 Å². The Hall–Kier alpha value is -1.35. The normalized spacial score (nSPS) is 11.8. The standard InChI is InChI=1S/C14H20N2O2S/c1-14(2,3)11-16-19(17,18)13-8-4-6-12(10-13)7-5-9-15/h4,6,8,10,16H,9,11,15H2,1-3H3. The molecule has 0 aliphatic heterocycles. The van der Waals surface area contributed by atoms with Gasteiger partial charge in [-0.2, -0.15) is 0 Å². The first-order valence-corrected chi connectivity index (χ1v) is 7.52. The molecule has 0 saturated carbocycles. The predicted molar refractivity (Wildman–Crippen MR) is 77.0 cm³/mol. The highest BCUT2D eigenvalue weighted by atomic mass is 32.2. The van der Waals surface area contributed by atoms with E-state index in [-0.39, 0.29) is 16.9 Å². The number of rotatable bonds is 3. The lowest BCUT2D eigenvalue weighted by Crippen LogP contribution is -2.32. The number of benzene rings is 1. The minimum absolute atomic E-state index is 0.107. The summed E-state index contributed by atoms with van der Waals surface area (Å²) in [5.41, 5.74) is 5.83. The number of hydrogen-bond donors (Lipinski definition) is 2. The van der Waals surface area contributed by atoms with E-state index >= 15 is 0 Å². The fraction of sp³-hybridized carbons (Fsp3) is 0.429. The molecular formula is C14H20N2O2S. The molecule has 5 heteroatoms. The van der Waals surface area contributed by atoms with Crippen molar-refractivity contribution in [3.63, 3.8) is 0 Å². The summed E-state index contributed by atoms with van der Waals surface area (Å²) in [7, 11) is -3.49. The van der Waals surface area contributed by atoms with Crippen molar-refractivity contribution in [2.45, 2.75) is 25.7 Å². The van der Waals surface area contributed by atoms with Gasteiger partial charge in [-0.15, -0.1) is 0 Å². The Kier molecular flexibility index (Phi) is 5.12. The third kappa shape index (κ3) is 5.43. The number of nitrogens with two attached hydrogens (primary N) is 1. The lowest BCUT2D eigenvalue weighted by atomic mass is 9.98. The van der Waals surface area contributed by atoms with Gasteiger partial charge in [-0.1, -0.05) is 38.7 Å². The molecule has 0 aliphatic carbocycles. The van der Waals surface area contributed by atoms with Crippen LogP contribution in [-0.2, 0) is 10.0 Å². The van der Waals surface area contributed by atoms with Crippen LogP contribution in [0.5, 0.6) is 0 Å². The maximum absolute atomic E-state index is 12.1. The van der Waals surface area contributed by atoms with Crippen molar-refractivity contribution in [1.82, 2.24) is 4.72 Å². The Morgan fingerprint density at radius 3 is 2.58 bits per heavy atom. The summed E-state index contributed by atoms with van der Waals surface area (Å²) in [6.07, 6.45) is 0. The fourth-order valence-corrected chi connectivity index (χ4v) is 2.62. The average molecular weight is 280 g/mol. The molecular weight excluding hydrogens is 260 g/mol. The molecule has 104 valence electrons. The molecule has 19 heavy (non-hydrogen) atoms. The summed E-state index contributed by atoms with van der Waals surface area (Å²) >= 11 is 0. The zero-order chi connectivity index (χ0) is 14.5. The van der Waals surface area contributed by atoms with E-state index in [0.29, 0.717) is 12.1 Å². The van der Waals surface area contributed by atoms with Gasteiger partial charge < -0.3 is 5.73 Å². The van der Waals surface area contributed by atoms with Crippen molar-refractivity contribution in [3.05, 3.63) is 29.8 Å². The van der Waals surface area contributed by atoms with Crippen LogP contribution in [0.3, 0.4) is 0 Å². The molecule has 0 saturated heterocycles. The van der Waals surface area contributed by atoms with Crippen molar-refractivity contribution in [2.24, 2.45) is 11.1 Å². The van der Waals surface area contributed by atoms with Crippen LogP contribution < -0.4 is 10.5 Å². The van der Waals surface area contributed by atoms with Crippen molar-refractivity contribution in [2.75, 3.05) is 13.1 Å². The summed E-state index contributed by atoms with van der Waals surface area (Å²) in [5.74, 6) is 5.52. The molecule has 0 amide bonds. The van der Waals surface area contributed by atoms with Crippen LogP contribution >= 0.6 is 0 Å². The first kappa shape index (κ1) is 15.7. The van der Waals surface area contributed by atoms with E-state index in [2.05, 4.69) is 16.6 Å². The molecule has 0 aliphatic rings. The second-order valence-corrected chi connectivity index (χ2v) is 7.19. The molecule has 1 aromatic rings. The van der Waals surface area contributed by atoms with Gasteiger partial charge >= 0.3 is 0 Å². The Bertz CT molecular complexity index is 590.